The maximum absolute atomic E-state index is 12.0. The lowest BCUT2D eigenvalue weighted by Crippen LogP contribution is -2.24. The highest BCUT2D eigenvalue weighted by atomic mass is 16.6. The molecule has 5 heteroatoms. The van der Waals surface area contributed by atoms with Gasteiger partial charge in [0, 0.05) is 5.39 Å². The number of nitrogens with one attached hydrogen (secondary N) is 1. The summed E-state index contributed by atoms with van der Waals surface area (Å²) in [6.45, 7) is 5.48. The summed E-state index contributed by atoms with van der Waals surface area (Å²) in [7, 11) is 0. The van der Waals surface area contributed by atoms with Gasteiger partial charge >= 0.3 is 5.97 Å². The van der Waals surface area contributed by atoms with Crippen LogP contribution in [0.15, 0.2) is 18.2 Å². The van der Waals surface area contributed by atoms with Crippen LogP contribution >= 0.6 is 0 Å². The van der Waals surface area contributed by atoms with Crippen molar-refractivity contribution in [2.24, 2.45) is 0 Å². The SMILES string of the molecule is CC(C)(C)OC(=O)c1cccc2c(N)n[nH]c12. The maximum Gasteiger partial charge on any atom is 0.340 e. The highest BCUT2D eigenvalue weighted by Crippen LogP contribution is 2.23. The van der Waals surface area contributed by atoms with Crippen LogP contribution in [0.5, 0.6) is 0 Å². The number of nitrogens with two attached hydrogens (primary N) is 1. The van der Waals surface area contributed by atoms with Gasteiger partial charge in [-0.15, -0.1) is 0 Å². The highest BCUT2D eigenvalue weighted by Gasteiger charge is 2.20. The largest absolute Gasteiger partial charge is 0.456 e. The lowest BCUT2D eigenvalue weighted by molar-refractivity contribution is 0.00716. The monoisotopic (exact) mass is 233 g/mol. The standard InChI is InChI=1S/C12H15N3O2/c1-12(2,3)17-11(16)8-6-4-5-7-9(8)14-15-10(7)13/h4-6H,1-3H3,(H3,13,14,15). The van der Waals surface area contributed by atoms with E-state index in [0.29, 0.717) is 16.9 Å². The number of carbonyl (C=O) groups excluding carboxylic acids is 1. The first-order chi connectivity index (χ1) is 7.88. The third kappa shape index (κ3) is 2.22. The fourth-order valence-corrected chi connectivity index (χ4v) is 1.57. The van der Waals surface area contributed by atoms with Crippen molar-refractivity contribution >= 4 is 22.7 Å². The number of hydrogen-bond donors (Lipinski definition) is 2. The molecule has 17 heavy (non-hydrogen) atoms. The van der Waals surface area contributed by atoms with Gasteiger partial charge < -0.3 is 10.5 Å². The fraction of sp³-hybridized carbons (Fsp3) is 0.333. The third-order valence-corrected chi connectivity index (χ3v) is 2.25. The van der Waals surface area contributed by atoms with E-state index in [-0.39, 0.29) is 5.97 Å². The van der Waals surface area contributed by atoms with E-state index < -0.39 is 5.60 Å². The van der Waals surface area contributed by atoms with E-state index in [0.717, 1.165) is 5.39 Å². The minimum Gasteiger partial charge on any atom is -0.456 e. The minimum atomic E-state index is -0.523. The molecule has 1 heterocycles. The van der Waals surface area contributed by atoms with E-state index in [4.69, 9.17) is 10.5 Å². The van der Waals surface area contributed by atoms with Crippen LogP contribution in [0.4, 0.5) is 5.82 Å². The number of aromatic nitrogens is 2. The molecule has 0 saturated carbocycles. The van der Waals surface area contributed by atoms with Gasteiger partial charge in [-0.25, -0.2) is 4.79 Å². The van der Waals surface area contributed by atoms with Gasteiger partial charge in [0.05, 0.1) is 11.1 Å². The Morgan fingerprint density at radius 3 is 2.76 bits per heavy atom. The van der Waals surface area contributed by atoms with Gasteiger partial charge in [-0.2, -0.15) is 5.10 Å². The number of hydrogen-bond acceptors (Lipinski definition) is 4. The molecule has 1 aromatic carbocycles. The molecule has 5 nitrogen and oxygen atoms in total. The van der Waals surface area contributed by atoms with Crippen molar-refractivity contribution in [2.75, 3.05) is 5.73 Å². The Bertz CT molecular complexity index is 567. The number of carbonyl (C=O) groups is 1. The van der Waals surface area contributed by atoms with Crippen LogP contribution in [0.3, 0.4) is 0 Å². The van der Waals surface area contributed by atoms with E-state index in [1.165, 1.54) is 0 Å². The molecule has 0 atom stereocenters. The molecule has 3 N–H and O–H groups in total. The van der Waals surface area contributed by atoms with Crippen molar-refractivity contribution in [3.63, 3.8) is 0 Å². The number of fused-ring (bicyclic) bond motifs is 1. The Morgan fingerprint density at radius 1 is 1.41 bits per heavy atom. The third-order valence-electron chi connectivity index (χ3n) is 2.25. The lowest BCUT2D eigenvalue weighted by atomic mass is 10.1. The first-order valence-corrected chi connectivity index (χ1v) is 5.34. The van der Waals surface area contributed by atoms with Crippen LogP contribution < -0.4 is 5.73 Å². The molecule has 0 aliphatic carbocycles. The van der Waals surface area contributed by atoms with Crippen LogP contribution in [0.2, 0.25) is 0 Å². The van der Waals surface area contributed by atoms with Crippen molar-refractivity contribution in [1.29, 1.82) is 0 Å². The predicted molar refractivity (Wildman–Crippen MR) is 65.7 cm³/mol. The average Bonchev–Trinajstić information content (AvgIpc) is 2.58. The predicted octanol–water partition coefficient (Wildman–Crippen LogP) is 2.10. The number of esters is 1. The van der Waals surface area contributed by atoms with Crippen LogP contribution in [0.1, 0.15) is 31.1 Å². The van der Waals surface area contributed by atoms with Gasteiger partial charge in [0.15, 0.2) is 5.82 Å². The Morgan fingerprint density at radius 2 is 2.12 bits per heavy atom. The second-order valence-electron chi connectivity index (χ2n) is 4.84. The van der Waals surface area contributed by atoms with Gasteiger partial charge in [0.1, 0.15) is 5.60 Å². The van der Waals surface area contributed by atoms with Crippen LogP contribution in [0, 0.1) is 0 Å². The van der Waals surface area contributed by atoms with E-state index in [9.17, 15) is 4.79 Å². The summed E-state index contributed by atoms with van der Waals surface area (Å²) in [5, 5.41) is 7.36. The summed E-state index contributed by atoms with van der Waals surface area (Å²) in [5.74, 6) is -0.00263. The quantitative estimate of drug-likeness (QED) is 0.739. The van der Waals surface area contributed by atoms with Crippen molar-refractivity contribution in [2.45, 2.75) is 26.4 Å². The molecule has 0 bridgehead atoms. The molecule has 0 aliphatic rings. The molecule has 1 aromatic heterocycles. The molecular formula is C12H15N3O2. The molecule has 2 rings (SSSR count). The maximum atomic E-state index is 12.0. The summed E-state index contributed by atoms with van der Waals surface area (Å²) in [4.78, 5) is 12.0. The van der Waals surface area contributed by atoms with Crippen molar-refractivity contribution in [3.05, 3.63) is 23.8 Å². The Hall–Kier alpha value is -2.04. The molecule has 2 aromatic rings. The summed E-state index contributed by atoms with van der Waals surface area (Å²) < 4.78 is 5.31. The molecule has 0 amide bonds. The van der Waals surface area contributed by atoms with Crippen molar-refractivity contribution in [1.82, 2.24) is 10.2 Å². The zero-order valence-electron chi connectivity index (χ0n) is 10.1. The number of anilines is 1. The van der Waals surface area contributed by atoms with Crippen molar-refractivity contribution < 1.29 is 9.53 Å². The van der Waals surface area contributed by atoms with Crippen molar-refractivity contribution in [3.8, 4) is 0 Å². The van der Waals surface area contributed by atoms with Crippen LogP contribution in [-0.4, -0.2) is 21.8 Å². The number of H-pyrrole nitrogens is 1. The topological polar surface area (TPSA) is 81.0 Å². The second-order valence-corrected chi connectivity index (χ2v) is 4.84. The number of ether oxygens (including phenoxy) is 1. The van der Waals surface area contributed by atoms with E-state index in [1.54, 1.807) is 12.1 Å². The lowest BCUT2D eigenvalue weighted by Gasteiger charge is -2.19. The van der Waals surface area contributed by atoms with Gasteiger partial charge in [-0.05, 0) is 32.9 Å². The molecule has 0 aliphatic heterocycles. The van der Waals surface area contributed by atoms with Crippen LogP contribution in [0.25, 0.3) is 10.9 Å². The second kappa shape index (κ2) is 3.76. The number of para-hydroxylation sites is 1. The van der Waals surface area contributed by atoms with Gasteiger partial charge in [-0.1, -0.05) is 6.07 Å². The molecular weight excluding hydrogens is 218 g/mol. The average molecular weight is 233 g/mol. The van der Waals surface area contributed by atoms with Gasteiger partial charge in [-0.3, -0.25) is 5.10 Å². The number of rotatable bonds is 1. The smallest absolute Gasteiger partial charge is 0.340 e. The molecule has 0 fully saturated rings. The zero-order valence-corrected chi connectivity index (χ0v) is 10.1. The molecule has 0 radical (unpaired) electrons. The van der Waals surface area contributed by atoms with Gasteiger partial charge in [0.25, 0.3) is 0 Å². The van der Waals surface area contributed by atoms with Gasteiger partial charge in [0.2, 0.25) is 0 Å². The number of nitrogens with zero attached hydrogens (tertiary/aromatic N) is 1. The minimum absolute atomic E-state index is 0.380. The van der Waals surface area contributed by atoms with E-state index >= 15 is 0 Å². The fourth-order valence-electron chi connectivity index (χ4n) is 1.57. The summed E-state index contributed by atoms with van der Waals surface area (Å²) in [6, 6.07) is 5.25. The summed E-state index contributed by atoms with van der Waals surface area (Å²) in [5.41, 5.74) is 6.21. The Labute approximate surface area is 98.9 Å². The normalized spacial score (nSPS) is 11.7. The summed E-state index contributed by atoms with van der Waals surface area (Å²) >= 11 is 0. The van der Waals surface area contributed by atoms with Crippen LogP contribution in [-0.2, 0) is 4.74 Å². The molecule has 0 spiro atoms. The Kier molecular flexibility index (Phi) is 2.53. The zero-order chi connectivity index (χ0) is 12.6. The molecule has 0 unspecified atom stereocenters. The Balaban J connectivity index is 2.45. The van der Waals surface area contributed by atoms with E-state index in [1.807, 2.05) is 26.8 Å². The molecule has 0 saturated heterocycles. The summed E-state index contributed by atoms with van der Waals surface area (Å²) in [6.07, 6.45) is 0. The first-order valence-electron chi connectivity index (χ1n) is 5.34. The van der Waals surface area contributed by atoms with E-state index in [2.05, 4.69) is 10.2 Å². The molecule has 90 valence electrons. The number of benzene rings is 1. The number of nitrogen functional groups attached to an aromatic ring is 1. The first kappa shape index (κ1) is 11.4. The highest BCUT2D eigenvalue weighted by molar-refractivity contribution is 6.05. The number of aromatic amines is 1.